The fourth-order valence-electron chi connectivity index (χ4n) is 4.72. The highest BCUT2D eigenvalue weighted by molar-refractivity contribution is 7.92. The number of hydrogen-bond acceptors (Lipinski definition) is 9. The molecule has 0 saturated carbocycles. The quantitative estimate of drug-likeness (QED) is 0.373. The number of aliphatic hydroxyl groups is 1. The molecule has 0 bridgehead atoms. The van der Waals surface area contributed by atoms with Gasteiger partial charge >= 0.3 is 0 Å². The number of rotatable bonds is 9. The number of nitrogens with zero attached hydrogens (tertiary/aromatic N) is 3. The molecule has 0 radical (unpaired) electrons. The number of ether oxygens (including phenoxy) is 1. The fraction of sp³-hybridized carbons (Fsp3) is 0.407. The van der Waals surface area contributed by atoms with Gasteiger partial charge in [0.25, 0.3) is 15.9 Å². The Morgan fingerprint density at radius 1 is 1.12 bits per heavy atom. The molecule has 41 heavy (non-hydrogen) atoms. The number of aliphatic hydroxyl groups excluding tert-OH is 1. The maximum atomic E-state index is 13.7. The highest BCUT2D eigenvalue weighted by Crippen LogP contribution is 2.37. The van der Waals surface area contributed by atoms with Gasteiger partial charge in [-0.25, -0.2) is 16.8 Å². The molecular weight excluding hydrogens is 572 g/mol. The third kappa shape index (κ3) is 6.10. The molecule has 0 saturated heterocycles. The molecule has 14 heteroatoms. The number of nitrogens with one attached hydrogen (secondary N) is 1. The lowest BCUT2D eigenvalue weighted by atomic mass is 9.99. The number of sulfonamides is 2. The van der Waals surface area contributed by atoms with Crippen LogP contribution in [0.5, 0.6) is 5.75 Å². The van der Waals surface area contributed by atoms with E-state index in [2.05, 4.69) is 9.88 Å². The van der Waals surface area contributed by atoms with Gasteiger partial charge in [0.15, 0.2) is 16.4 Å². The molecule has 0 fully saturated rings. The van der Waals surface area contributed by atoms with Crippen molar-refractivity contribution in [3.63, 3.8) is 0 Å². The average Bonchev–Trinajstić information content (AvgIpc) is 3.29. The van der Waals surface area contributed by atoms with Gasteiger partial charge in [-0.2, -0.15) is 4.31 Å². The number of amides is 1. The first-order chi connectivity index (χ1) is 19.3. The van der Waals surface area contributed by atoms with Gasteiger partial charge in [0, 0.05) is 19.5 Å². The molecule has 12 nitrogen and oxygen atoms in total. The molecule has 2 N–H and O–H groups in total. The van der Waals surface area contributed by atoms with E-state index in [9.17, 15) is 26.7 Å². The Bertz CT molecular complexity index is 1600. The van der Waals surface area contributed by atoms with Crippen molar-refractivity contribution in [2.75, 3.05) is 31.5 Å². The van der Waals surface area contributed by atoms with Crippen molar-refractivity contribution in [1.82, 2.24) is 14.4 Å². The molecular formula is C27H34N4O8S2. The summed E-state index contributed by atoms with van der Waals surface area (Å²) in [6.07, 6.45) is -0.802. The van der Waals surface area contributed by atoms with Gasteiger partial charge in [-0.05, 0) is 45.0 Å². The summed E-state index contributed by atoms with van der Waals surface area (Å²) >= 11 is 0. The van der Waals surface area contributed by atoms with Gasteiger partial charge in [-0.1, -0.05) is 36.3 Å². The maximum absolute atomic E-state index is 13.7. The fourth-order valence-corrected chi connectivity index (χ4v) is 7.32. The van der Waals surface area contributed by atoms with Crippen molar-refractivity contribution >= 4 is 31.6 Å². The molecule has 1 aliphatic rings. The van der Waals surface area contributed by atoms with Gasteiger partial charge < -0.3 is 19.3 Å². The monoisotopic (exact) mass is 606 g/mol. The highest BCUT2D eigenvalue weighted by Gasteiger charge is 2.37. The predicted octanol–water partition coefficient (Wildman–Crippen LogP) is 2.63. The highest BCUT2D eigenvalue weighted by atomic mass is 32.2. The van der Waals surface area contributed by atoms with Crippen LogP contribution in [0, 0.1) is 19.8 Å². The minimum Gasteiger partial charge on any atom is -0.486 e. The number of likely N-dealkylation sites (N-methyl/N-ethyl adjacent to an activating group) is 1. The second-order valence-electron chi connectivity index (χ2n) is 10.2. The van der Waals surface area contributed by atoms with Gasteiger partial charge in [-0.3, -0.25) is 9.52 Å². The van der Waals surface area contributed by atoms with E-state index < -0.39 is 44.0 Å². The van der Waals surface area contributed by atoms with E-state index in [1.54, 1.807) is 32.0 Å². The summed E-state index contributed by atoms with van der Waals surface area (Å²) in [6, 6.07) is 11.9. The molecule has 1 amide bonds. The van der Waals surface area contributed by atoms with Crippen molar-refractivity contribution in [2.24, 2.45) is 5.92 Å². The number of benzene rings is 2. The first-order valence-electron chi connectivity index (χ1n) is 13.0. The number of aromatic nitrogens is 1. The number of anilines is 1. The van der Waals surface area contributed by atoms with E-state index in [4.69, 9.17) is 9.26 Å². The summed E-state index contributed by atoms with van der Waals surface area (Å²) in [4.78, 5) is 15.1. The SMILES string of the molecule is Cc1noc(C)c1S(=O)(=O)Nc1cccc2c1O[C@@H](CN(C)S(=O)(=O)c1ccccc1)[C@@H](C)CN([C@H](C)CO)C2=O. The second kappa shape index (κ2) is 11.8. The van der Waals surface area contributed by atoms with E-state index >= 15 is 0 Å². The van der Waals surface area contributed by atoms with Crippen LogP contribution in [0.15, 0.2) is 62.8 Å². The summed E-state index contributed by atoms with van der Waals surface area (Å²) in [6.45, 7) is 6.23. The van der Waals surface area contributed by atoms with Crippen LogP contribution in [0.1, 0.15) is 35.7 Å². The van der Waals surface area contributed by atoms with Crippen LogP contribution < -0.4 is 9.46 Å². The summed E-state index contributed by atoms with van der Waals surface area (Å²) < 4.78 is 68.4. The zero-order valence-corrected chi connectivity index (χ0v) is 25.1. The summed E-state index contributed by atoms with van der Waals surface area (Å²) in [7, 11) is -6.65. The summed E-state index contributed by atoms with van der Waals surface area (Å²) in [5.74, 6) is -0.838. The third-order valence-corrected chi connectivity index (χ3v) is 10.5. The van der Waals surface area contributed by atoms with E-state index in [0.717, 1.165) is 0 Å². The maximum Gasteiger partial charge on any atom is 0.267 e. The number of hydrogen-bond donors (Lipinski definition) is 2. The van der Waals surface area contributed by atoms with Gasteiger partial charge in [-0.15, -0.1) is 0 Å². The van der Waals surface area contributed by atoms with Crippen LogP contribution in [-0.2, 0) is 20.0 Å². The normalized spacial score (nSPS) is 18.8. The molecule has 2 aromatic carbocycles. The van der Waals surface area contributed by atoms with Gasteiger partial charge in [0.05, 0.1) is 35.3 Å². The molecule has 0 aliphatic carbocycles. The molecule has 3 aromatic rings. The van der Waals surface area contributed by atoms with Crippen molar-refractivity contribution in [2.45, 2.75) is 49.6 Å². The largest absolute Gasteiger partial charge is 0.486 e. The number of carbonyl (C=O) groups excluding carboxylic acids is 1. The number of aryl methyl sites for hydroxylation is 2. The lowest BCUT2D eigenvalue weighted by molar-refractivity contribution is 0.0389. The van der Waals surface area contributed by atoms with Crippen molar-refractivity contribution < 1.29 is 36.0 Å². The summed E-state index contributed by atoms with van der Waals surface area (Å²) in [5, 5.41) is 13.6. The van der Waals surface area contributed by atoms with Crippen molar-refractivity contribution in [3.8, 4) is 5.75 Å². The van der Waals surface area contributed by atoms with Gasteiger partial charge in [0.2, 0.25) is 10.0 Å². The topological polar surface area (TPSA) is 159 Å². The molecule has 1 aliphatic heterocycles. The number of fused-ring (bicyclic) bond motifs is 1. The van der Waals surface area contributed by atoms with E-state index in [1.807, 2.05) is 0 Å². The lowest BCUT2D eigenvalue weighted by Gasteiger charge is -2.38. The minimum absolute atomic E-state index is 0.0138. The molecule has 4 rings (SSSR count). The van der Waals surface area contributed by atoms with E-state index in [0.29, 0.717) is 0 Å². The minimum atomic E-state index is -4.21. The summed E-state index contributed by atoms with van der Waals surface area (Å²) in [5.41, 5.74) is 0.211. The van der Waals surface area contributed by atoms with Crippen LogP contribution in [0.2, 0.25) is 0 Å². The zero-order chi connectivity index (χ0) is 30.1. The van der Waals surface area contributed by atoms with E-state index in [-0.39, 0.29) is 57.9 Å². The zero-order valence-electron chi connectivity index (χ0n) is 23.4. The first kappa shape index (κ1) is 30.5. The third-order valence-electron chi connectivity index (χ3n) is 7.06. The second-order valence-corrected chi connectivity index (χ2v) is 13.8. The standard InChI is InChI=1S/C27H34N4O8S2/c1-17-14-31(18(2)16-32)27(33)22-12-9-13-23(29-40(34,35)26-19(3)28-39-20(26)4)25(22)38-24(17)15-30(5)41(36,37)21-10-7-6-8-11-21/h6-13,17-18,24,29,32H,14-16H2,1-5H3/t17-,18+,24-/m0/s1. The number of carbonyl (C=O) groups is 1. The van der Waals surface area contributed by atoms with Crippen LogP contribution >= 0.6 is 0 Å². The van der Waals surface area contributed by atoms with E-state index in [1.165, 1.54) is 60.4 Å². The van der Waals surface area contributed by atoms with Gasteiger partial charge in [0.1, 0.15) is 11.8 Å². The molecule has 0 spiro atoms. The molecule has 2 heterocycles. The Labute approximate surface area is 240 Å². The Balaban J connectivity index is 1.78. The Morgan fingerprint density at radius 2 is 1.80 bits per heavy atom. The average molecular weight is 607 g/mol. The number of para-hydroxylation sites is 1. The molecule has 222 valence electrons. The first-order valence-corrected chi connectivity index (χ1v) is 15.9. The molecule has 3 atom stereocenters. The Morgan fingerprint density at radius 3 is 2.41 bits per heavy atom. The lowest BCUT2D eigenvalue weighted by Crippen LogP contribution is -2.50. The molecule has 1 aromatic heterocycles. The predicted molar refractivity (Wildman–Crippen MR) is 151 cm³/mol. The van der Waals surface area contributed by atoms with Crippen LogP contribution in [-0.4, -0.2) is 81.1 Å². The van der Waals surface area contributed by atoms with Crippen LogP contribution in [0.4, 0.5) is 5.69 Å². The Hall–Kier alpha value is -3.46. The molecule has 0 unspecified atom stereocenters. The smallest absolute Gasteiger partial charge is 0.267 e. The van der Waals surface area contributed by atoms with Crippen LogP contribution in [0.25, 0.3) is 0 Å². The Kier molecular flexibility index (Phi) is 8.78. The van der Waals surface area contributed by atoms with Crippen LogP contribution in [0.3, 0.4) is 0 Å². The van der Waals surface area contributed by atoms with Crippen molar-refractivity contribution in [3.05, 3.63) is 65.5 Å². The van der Waals surface area contributed by atoms with Crippen molar-refractivity contribution in [1.29, 1.82) is 0 Å².